The molecule has 5 nitrogen and oxygen atoms in total. The molecule has 1 aromatic carbocycles. The first-order chi connectivity index (χ1) is 9.13. The van der Waals surface area contributed by atoms with Crippen molar-refractivity contribution in [1.82, 2.24) is 10.2 Å². The third-order valence-electron chi connectivity index (χ3n) is 4.11. The van der Waals surface area contributed by atoms with Crippen LogP contribution in [0.15, 0.2) is 18.2 Å². The average molecular weight is 282 g/mol. The third-order valence-corrected chi connectivity index (χ3v) is 4.46. The normalized spacial score (nSPS) is 26.6. The number of likely N-dealkylation sites (tertiary alicyclic amines) is 1. The van der Waals surface area contributed by atoms with E-state index in [4.69, 9.17) is 11.6 Å². The highest BCUT2D eigenvalue weighted by Gasteiger charge is 2.35. The van der Waals surface area contributed by atoms with Gasteiger partial charge in [-0.15, -0.1) is 0 Å². The van der Waals surface area contributed by atoms with Gasteiger partial charge in [0.25, 0.3) is 5.69 Å². The molecule has 1 N–H and O–H groups in total. The summed E-state index contributed by atoms with van der Waals surface area (Å²) in [6.45, 7) is 5.17. The van der Waals surface area contributed by atoms with Gasteiger partial charge in [-0.3, -0.25) is 15.0 Å². The molecule has 6 heteroatoms. The molecule has 2 fully saturated rings. The van der Waals surface area contributed by atoms with Gasteiger partial charge in [0.05, 0.1) is 9.95 Å². The summed E-state index contributed by atoms with van der Waals surface area (Å²) in [7, 11) is 0. The first-order valence-electron chi connectivity index (χ1n) is 6.49. The van der Waals surface area contributed by atoms with Gasteiger partial charge >= 0.3 is 0 Å². The Morgan fingerprint density at radius 1 is 1.37 bits per heavy atom. The number of non-ortho nitro benzene ring substituents is 1. The lowest BCUT2D eigenvalue weighted by Gasteiger charge is -2.17. The molecular weight excluding hydrogens is 266 g/mol. The maximum absolute atomic E-state index is 10.7. The fraction of sp³-hybridized carbons (Fsp3) is 0.538. The molecule has 19 heavy (non-hydrogen) atoms. The lowest BCUT2D eigenvalue weighted by molar-refractivity contribution is -0.384. The molecule has 2 heterocycles. The summed E-state index contributed by atoms with van der Waals surface area (Å²) in [6.07, 6.45) is 0. The second-order valence-electron chi connectivity index (χ2n) is 5.41. The smallest absolute Gasteiger partial charge is 0.270 e. The summed E-state index contributed by atoms with van der Waals surface area (Å²) in [5.41, 5.74) is 1.02. The van der Waals surface area contributed by atoms with Crippen LogP contribution in [0.25, 0.3) is 0 Å². The van der Waals surface area contributed by atoms with E-state index in [2.05, 4.69) is 10.2 Å². The van der Waals surface area contributed by atoms with E-state index in [1.54, 1.807) is 6.07 Å². The number of nitrogens with one attached hydrogen (secondary N) is 1. The molecule has 0 aromatic heterocycles. The Kier molecular flexibility index (Phi) is 3.43. The van der Waals surface area contributed by atoms with E-state index in [-0.39, 0.29) is 5.69 Å². The first-order valence-corrected chi connectivity index (χ1v) is 6.87. The van der Waals surface area contributed by atoms with Crippen LogP contribution in [0.2, 0.25) is 5.02 Å². The summed E-state index contributed by atoms with van der Waals surface area (Å²) >= 11 is 6.13. The van der Waals surface area contributed by atoms with Gasteiger partial charge in [-0.1, -0.05) is 11.6 Å². The number of halogens is 1. The molecule has 0 bridgehead atoms. The number of nitrogens with zero attached hydrogens (tertiary/aromatic N) is 2. The van der Waals surface area contributed by atoms with Gasteiger partial charge in [0, 0.05) is 31.8 Å². The summed E-state index contributed by atoms with van der Waals surface area (Å²) in [5.74, 6) is 1.49. The molecule has 0 aliphatic carbocycles. The quantitative estimate of drug-likeness (QED) is 0.679. The summed E-state index contributed by atoms with van der Waals surface area (Å²) < 4.78 is 0. The van der Waals surface area contributed by atoms with Crippen molar-refractivity contribution in [2.45, 2.75) is 6.54 Å². The SMILES string of the molecule is O=[N+]([O-])c1ccc(CN2CC3CNCC3C2)c(Cl)c1. The lowest BCUT2D eigenvalue weighted by atomic mass is 10.0. The number of nitro groups is 1. The maximum atomic E-state index is 10.7. The van der Waals surface area contributed by atoms with E-state index in [0.717, 1.165) is 50.1 Å². The van der Waals surface area contributed by atoms with Crippen molar-refractivity contribution >= 4 is 17.3 Å². The van der Waals surface area contributed by atoms with Gasteiger partial charge in [-0.25, -0.2) is 0 Å². The monoisotopic (exact) mass is 281 g/mol. The molecule has 2 saturated heterocycles. The molecule has 0 saturated carbocycles. The van der Waals surface area contributed by atoms with Crippen molar-refractivity contribution in [3.05, 3.63) is 38.9 Å². The second-order valence-corrected chi connectivity index (χ2v) is 5.81. The number of nitro benzene ring substituents is 1. The van der Waals surface area contributed by atoms with Crippen LogP contribution in [-0.2, 0) is 6.54 Å². The number of fused-ring (bicyclic) bond motifs is 1. The Labute approximate surface area is 116 Å². The minimum Gasteiger partial charge on any atom is -0.316 e. The molecule has 3 rings (SSSR count). The Morgan fingerprint density at radius 3 is 2.63 bits per heavy atom. The van der Waals surface area contributed by atoms with Crippen LogP contribution in [0.3, 0.4) is 0 Å². The second kappa shape index (κ2) is 5.07. The summed E-state index contributed by atoms with van der Waals surface area (Å²) in [4.78, 5) is 12.6. The van der Waals surface area contributed by atoms with Gasteiger partial charge < -0.3 is 5.32 Å². The molecule has 2 unspecified atom stereocenters. The standard InChI is InChI=1S/C13H16ClN3O2/c14-13-3-12(17(18)19)2-1-9(13)6-16-7-10-4-15-5-11(10)8-16/h1-3,10-11,15H,4-8H2. The minimum atomic E-state index is -0.415. The topological polar surface area (TPSA) is 58.4 Å². The Hall–Kier alpha value is -1.17. The van der Waals surface area contributed by atoms with Gasteiger partial charge in [0.1, 0.15) is 0 Å². The van der Waals surface area contributed by atoms with Gasteiger partial charge in [0.2, 0.25) is 0 Å². The summed E-state index contributed by atoms with van der Waals surface area (Å²) in [6, 6.07) is 4.74. The van der Waals surface area contributed by atoms with E-state index in [1.807, 2.05) is 0 Å². The molecule has 102 valence electrons. The highest BCUT2D eigenvalue weighted by Crippen LogP contribution is 2.29. The van der Waals surface area contributed by atoms with Crippen LogP contribution in [0.4, 0.5) is 5.69 Å². The van der Waals surface area contributed by atoms with Crippen molar-refractivity contribution in [3.63, 3.8) is 0 Å². The van der Waals surface area contributed by atoms with E-state index in [1.165, 1.54) is 12.1 Å². The summed E-state index contributed by atoms with van der Waals surface area (Å²) in [5, 5.41) is 14.6. The molecule has 1 aromatic rings. The molecule has 0 radical (unpaired) electrons. The van der Waals surface area contributed by atoms with Crippen molar-refractivity contribution in [2.24, 2.45) is 11.8 Å². The minimum absolute atomic E-state index is 0.0521. The number of hydrogen-bond acceptors (Lipinski definition) is 4. The van der Waals surface area contributed by atoms with Crippen LogP contribution in [0.5, 0.6) is 0 Å². The molecule has 0 spiro atoms. The molecular formula is C13H16ClN3O2. The molecule has 2 aliphatic heterocycles. The Balaban J connectivity index is 1.69. The molecule has 0 amide bonds. The molecule has 2 aliphatic rings. The van der Waals surface area contributed by atoms with Crippen molar-refractivity contribution in [1.29, 1.82) is 0 Å². The number of rotatable bonds is 3. The zero-order valence-electron chi connectivity index (χ0n) is 10.5. The maximum Gasteiger partial charge on any atom is 0.270 e. The van der Waals surface area contributed by atoms with Crippen LogP contribution >= 0.6 is 11.6 Å². The number of hydrogen-bond donors (Lipinski definition) is 1. The molecule has 2 atom stereocenters. The fourth-order valence-electron chi connectivity index (χ4n) is 3.10. The highest BCUT2D eigenvalue weighted by molar-refractivity contribution is 6.31. The van der Waals surface area contributed by atoms with Crippen LogP contribution in [0, 0.1) is 22.0 Å². The van der Waals surface area contributed by atoms with Gasteiger partial charge in [-0.05, 0) is 36.6 Å². The van der Waals surface area contributed by atoms with Crippen molar-refractivity contribution in [2.75, 3.05) is 26.2 Å². The van der Waals surface area contributed by atoms with E-state index < -0.39 is 4.92 Å². The van der Waals surface area contributed by atoms with E-state index in [9.17, 15) is 10.1 Å². The predicted octanol–water partition coefficient (Wildman–Crippen LogP) is 1.90. The van der Waals surface area contributed by atoms with Crippen LogP contribution in [-0.4, -0.2) is 36.0 Å². The van der Waals surface area contributed by atoms with Crippen molar-refractivity contribution in [3.8, 4) is 0 Å². The highest BCUT2D eigenvalue weighted by atomic mass is 35.5. The number of benzene rings is 1. The third kappa shape index (κ3) is 2.59. The van der Waals surface area contributed by atoms with Crippen LogP contribution < -0.4 is 5.32 Å². The van der Waals surface area contributed by atoms with Crippen LogP contribution in [0.1, 0.15) is 5.56 Å². The zero-order valence-corrected chi connectivity index (χ0v) is 11.3. The van der Waals surface area contributed by atoms with Crippen molar-refractivity contribution < 1.29 is 4.92 Å². The average Bonchev–Trinajstić information content (AvgIpc) is 2.92. The predicted molar refractivity (Wildman–Crippen MR) is 73.2 cm³/mol. The Bertz CT molecular complexity index is 497. The largest absolute Gasteiger partial charge is 0.316 e. The zero-order chi connectivity index (χ0) is 13.4. The van der Waals surface area contributed by atoms with Gasteiger partial charge in [-0.2, -0.15) is 0 Å². The lowest BCUT2D eigenvalue weighted by Crippen LogP contribution is -2.25. The fourth-order valence-corrected chi connectivity index (χ4v) is 3.34. The Morgan fingerprint density at radius 2 is 2.05 bits per heavy atom. The van der Waals surface area contributed by atoms with Gasteiger partial charge in [0.15, 0.2) is 0 Å². The first kappa shape index (κ1) is 12.8. The van der Waals surface area contributed by atoms with E-state index in [0.29, 0.717) is 5.02 Å². The van der Waals surface area contributed by atoms with E-state index >= 15 is 0 Å².